The topological polar surface area (TPSA) is 58.2 Å². The van der Waals surface area contributed by atoms with Crippen molar-refractivity contribution in [2.75, 3.05) is 5.75 Å². The molecule has 3 rings (SSSR count). The van der Waals surface area contributed by atoms with E-state index in [1.165, 1.54) is 0 Å². The van der Waals surface area contributed by atoms with E-state index < -0.39 is 11.6 Å². The lowest BCUT2D eigenvalue weighted by Gasteiger charge is -2.26. The molecule has 1 fully saturated rings. The fourth-order valence-electron chi connectivity index (χ4n) is 2.31. The second-order valence-electron chi connectivity index (χ2n) is 4.78. The summed E-state index contributed by atoms with van der Waals surface area (Å²) in [7, 11) is 0. The molecule has 0 aromatic heterocycles. The molecule has 1 heterocycles. The first-order valence-electron chi connectivity index (χ1n) is 6.58. The van der Waals surface area contributed by atoms with Crippen molar-refractivity contribution in [2.24, 2.45) is 0 Å². The number of hydrogen-bond donors (Lipinski definition) is 2. The fraction of sp³-hybridized carbons (Fsp3) is 0.125. The van der Waals surface area contributed by atoms with Crippen molar-refractivity contribution in [3.63, 3.8) is 0 Å². The Hall–Kier alpha value is -2.27. The molecule has 106 valence electrons. The summed E-state index contributed by atoms with van der Waals surface area (Å²) in [5, 5.41) is 5.12. The first-order chi connectivity index (χ1) is 10.2. The number of benzene rings is 2. The molecular formula is C16H14N2O2S. The molecule has 4 nitrogen and oxygen atoms in total. The smallest absolute Gasteiger partial charge is 0.319 e. The molecule has 0 radical (unpaired) electrons. The standard InChI is InChI=1S/C16H14N2O2S/c19-14-16(18-15(20)17-14,12-7-3-1-4-8-12)11-21-13-9-5-2-6-10-13/h1-10H,11H2,(H2,17,18,19,20)/t16-/m0/s1. The average Bonchev–Trinajstić information content (AvgIpc) is 2.82. The van der Waals surface area contributed by atoms with E-state index >= 15 is 0 Å². The van der Waals surface area contributed by atoms with Gasteiger partial charge in [-0.05, 0) is 17.7 Å². The summed E-state index contributed by atoms with van der Waals surface area (Å²) in [4.78, 5) is 25.0. The highest BCUT2D eigenvalue weighted by Crippen LogP contribution is 2.32. The first kappa shape index (κ1) is 13.7. The van der Waals surface area contributed by atoms with E-state index in [-0.39, 0.29) is 5.91 Å². The van der Waals surface area contributed by atoms with Crippen molar-refractivity contribution in [1.82, 2.24) is 10.6 Å². The minimum atomic E-state index is -1.02. The van der Waals surface area contributed by atoms with Gasteiger partial charge in [0.15, 0.2) is 5.54 Å². The van der Waals surface area contributed by atoms with Crippen LogP contribution < -0.4 is 10.6 Å². The molecule has 1 atom stereocenters. The summed E-state index contributed by atoms with van der Waals surface area (Å²) in [6.07, 6.45) is 0. The predicted octanol–water partition coefficient (Wildman–Crippen LogP) is 2.51. The molecule has 2 N–H and O–H groups in total. The summed E-state index contributed by atoms with van der Waals surface area (Å²) in [5.41, 5.74) is -0.226. The molecule has 2 aromatic carbocycles. The zero-order chi connectivity index (χ0) is 14.7. The zero-order valence-corrected chi connectivity index (χ0v) is 12.0. The van der Waals surface area contributed by atoms with Gasteiger partial charge in [0.2, 0.25) is 0 Å². The number of carbonyl (C=O) groups excluding carboxylic acids is 2. The number of hydrogen-bond acceptors (Lipinski definition) is 3. The Labute approximate surface area is 126 Å². The van der Waals surface area contributed by atoms with Gasteiger partial charge < -0.3 is 5.32 Å². The van der Waals surface area contributed by atoms with Crippen molar-refractivity contribution in [2.45, 2.75) is 10.4 Å². The van der Waals surface area contributed by atoms with Gasteiger partial charge in [-0.3, -0.25) is 10.1 Å². The SMILES string of the molecule is O=C1NC(=O)[C@](CSc2ccccc2)(c2ccccc2)N1. The second kappa shape index (κ2) is 5.61. The van der Waals surface area contributed by atoms with Crippen LogP contribution in [0, 0.1) is 0 Å². The van der Waals surface area contributed by atoms with E-state index in [1.807, 2.05) is 60.7 Å². The van der Waals surface area contributed by atoms with E-state index in [0.717, 1.165) is 10.5 Å². The predicted molar refractivity (Wildman–Crippen MR) is 82.0 cm³/mol. The van der Waals surface area contributed by atoms with Gasteiger partial charge in [0, 0.05) is 10.6 Å². The summed E-state index contributed by atoms with van der Waals surface area (Å²) < 4.78 is 0. The maximum absolute atomic E-state index is 12.3. The average molecular weight is 298 g/mol. The van der Waals surface area contributed by atoms with Gasteiger partial charge in [0.05, 0.1) is 0 Å². The highest BCUT2D eigenvalue weighted by Gasteiger charge is 2.47. The third kappa shape index (κ3) is 2.64. The van der Waals surface area contributed by atoms with Crippen LogP contribution in [0.4, 0.5) is 4.79 Å². The lowest BCUT2D eigenvalue weighted by atomic mass is 9.92. The largest absolute Gasteiger partial charge is 0.322 e. The number of imide groups is 1. The zero-order valence-electron chi connectivity index (χ0n) is 11.2. The molecule has 0 unspecified atom stereocenters. The van der Waals surface area contributed by atoms with Crippen molar-refractivity contribution in [3.8, 4) is 0 Å². The molecule has 1 saturated heterocycles. The molecule has 0 saturated carbocycles. The van der Waals surface area contributed by atoms with Crippen LogP contribution in [0.3, 0.4) is 0 Å². The van der Waals surface area contributed by atoms with Crippen LogP contribution in [0.25, 0.3) is 0 Å². The summed E-state index contributed by atoms with van der Waals surface area (Å²) >= 11 is 1.54. The van der Waals surface area contributed by atoms with E-state index in [1.54, 1.807) is 11.8 Å². The fourth-order valence-corrected chi connectivity index (χ4v) is 3.41. The quantitative estimate of drug-likeness (QED) is 0.673. The van der Waals surface area contributed by atoms with Gasteiger partial charge in [0.1, 0.15) is 0 Å². The van der Waals surface area contributed by atoms with Crippen molar-refractivity contribution in [3.05, 3.63) is 66.2 Å². The molecule has 21 heavy (non-hydrogen) atoms. The van der Waals surface area contributed by atoms with Gasteiger partial charge in [0.25, 0.3) is 5.91 Å². The van der Waals surface area contributed by atoms with Gasteiger partial charge in [-0.2, -0.15) is 0 Å². The van der Waals surface area contributed by atoms with Gasteiger partial charge >= 0.3 is 6.03 Å². The number of carbonyl (C=O) groups is 2. The van der Waals surface area contributed by atoms with Crippen LogP contribution in [-0.4, -0.2) is 17.7 Å². The number of amides is 3. The van der Waals surface area contributed by atoms with Crippen molar-refractivity contribution >= 4 is 23.7 Å². The van der Waals surface area contributed by atoms with E-state index in [0.29, 0.717) is 5.75 Å². The minimum absolute atomic E-state index is 0.304. The van der Waals surface area contributed by atoms with Gasteiger partial charge in [-0.15, -0.1) is 11.8 Å². The molecule has 0 aliphatic carbocycles. The van der Waals surface area contributed by atoms with E-state index in [9.17, 15) is 9.59 Å². The van der Waals surface area contributed by atoms with Crippen molar-refractivity contribution < 1.29 is 9.59 Å². The number of rotatable bonds is 4. The van der Waals surface area contributed by atoms with E-state index in [2.05, 4.69) is 10.6 Å². The Balaban J connectivity index is 1.91. The second-order valence-corrected chi connectivity index (χ2v) is 5.83. The molecule has 2 aromatic rings. The lowest BCUT2D eigenvalue weighted by molar-refractivity contribution is -0.123. The van der Waals surface area contributed by atoms with E-state index in [4.69, 9.17) is 0 Å². The van der Waals surface area contributed by atoms with Crippen molar-refractivity contribution in [1.29, 1.82) is 0 Å². The molecular weight excluding hydrogens is 284 g/mol. The Kier molecular flexibility index (Phi) is 3.66. The lowest BCUT2D eigenvalue weighted by Crippen LogP contribution is -2.46. The maximum Gasteiger partial charge on any atom is 0.322 e. The third-order valence-electron chi connectivity index (χ3n) is 3.41. The molecule has 1 aliphatic heterocycles. The Bertz CT molecular complexity index is 660. The highest BCUT2D eigenvalue weighted by molar-refractivity contribution is 7.99. The van der Waals surface area contributed by atoms with Crippen LogP contribution in [-0.2, 0) is 10.3 Å². The number of nitrogens with one attached hydrogen (secondary N) is 2. The molecule has 0 spiro atoms. The maximum atomic E-state index is 12.3. The normalized spacial score (nSPS) is 21.0. The minimum Gasteiger partial charge on any atom is -0.319 e. The highest BCUT2D eigenvalue weighted by atomic mass is 32.2. The molecule has 1 aliphatic rings. The number of urea groups is 1. The Morgan fingerprint density at radius 1 is 0.905 bits per heavy atom. The Morgan fingerprint density at radius 3 is 2.10 bits per heavy atom. The summed E-state index contributed by atoms with van der Waals surface area (Å²) in [6, 6.07) is 18.7. The van der Waals surface area contributed by atoms with Crippen LogP contribution in [0.15, 0.2) is 65.6 Å². The van der Waals surface area contributed by atoms with Crippen LogP contribution >= 0.6 is 11.8 Å². The molecule has 5 heteroatoms. The third-order valence-corrected chi connectivity index (χ3v) is 4.59. The Morgan fingerprint density at radius 2 is 1.52 bits per heavy atom. The molecule has 3 amide bonds. The van der Waals surface area contributed by atoms with Gasteiger partial charge in [-0.1, -0.05) is 48.5 Å². The monoisotopic (exact) mass is 298 g/mol. The van der Waals surface area contributed by atoms with Crippen LogP contribution in [0.2, 0.25) is 0 Å². The van der Waals surface area contributed by atoms with Gasteiger partial charge in [-0.25, -0.2) is 4.79 Å². The summed E-state index contributed by atoms with van der Waals surface area (Å²) in [5.74, 6) is 0.139. The summed E-state index contributed by atoms with van der Waals surface area (Å²) in [6.45, 7) is 0. The molecule has 0 bridgehead atoms. The van der Waals surface area contributed by atoms with Crippen LogP contribution in [0.1, 0.15) is 5.56 Å². The first-order valence-corrected chi connectivity index (χ1v) is 7.56. The van der Waals surface area contributed by atoms with Crippen LogP contribution in [0.5, 0.6) is 0 Å². The number of thioether (sulfide) groups is 1.